The van der Waals surface area contributed by atoms with Crippen molar-refractivity contribution in [3.63, 3.8) is 0 Å². The van der Waals surface area contributed by atoms with E-state index in [1.54, 1.807) is 0 Å². The molecule has 1 aromatic heterocycles. The Morgan fingerprint density at radius 2 is 1.66 bits per heavy atom. The number of rotatable bonds is 10. The van der Waals surface area contributed by atoms with Crippen molar-refractivity contribution in [2.24, 2.45) is 0 Å². The Balaban J connectivity index is 1.68. The Labute approximate surface area is 215 Å². The number of hydrogen-bond acceptors (Lipinski definition) is 6. The first-order chi connectivity index (χ1) is 16.7. The molecule has 0 aliphatic carbocycles. The van der Waals surface area contributed by atoms with Crippen molar-refractivity contribution in [1.82, 2.24) is 0 Å². The summed E-state index contributed by atoms with van der Waals surface area (Å²) in [4.78, 5) is 26.2. The van der Waals surface area contributed by atoms with Crippen LogP contribution in [-0.2, 0) is 9.53 Å². The molecule has 0 fully saturated rings. The van der Waals surface area contributed by atoms with Crippen molar-refractivity contribution < 1.29 is 23.8 Å². The van der Waals surface area contributed by atoms with Gasteiger partial charge in [-0.05, 0) is 75.1 Å². The van der Waals surface area contributed by atoms with Crippen LogP contribution in [0.4, 0.5) is 5.00 Å². The molecule has 0 saturated heterocycles. The molecule has 1 N–H and O–H groups in total. The van der Waals surface area contributed by atoms with Gasteiger partial charge in [0.25, 0.3) is 0 Å². The number of methoxy groups -OCH3 is 1. The smallest absolute Gasteiger partial charge is 0.341 e. The van der Waals surface area contributed by atoms with Crippen LogP contribution in [0.5, 0.6) is 11.5 Å². The van der Waals surface area contributed by atoms with Gasteiger partial charge in [0.1, 0.15) is 22.1 Å². The Morgan fingerprint density at radius 1 is 1.00 bits per heavy atom. The fraction of sp³-hybridized carbons (Fsp3) is 0.333. The lowest BCUT2D eigenvalue weighted by Gasteiger charge is -2.11. The summed E-state index contributed by atoms with van der Waals surface area (Å²) in [6, 6.07) is 11.3. The number of halogens is 1. The van der Waals surface area contributed by atoms with E-state index in [-0.39, 0.29) is 12.3 Å². The molecule has 6 nitrogen and oxygen atoms in total. The van der Waals surface area contributed by atoms with Gasteiger partial charge in [0.15, 0.2) is 0 Å². The number of carbonyl (C=O) groups excluding carboxylic acids is 2. The van der Waals surface area contributed by atoms with Gasteiger partial charge < -0.3 is 19.5 Å². The Kier molecular flexibility index (Phi) is 9.18. The predicted molar refractivity (Wildman–Crippen MR) is 141 cm³/mol. The number of anilines is 1. The van der Waals surface area contributed by atoms with E-state index in [2.05, 4.69) is 5.32 Å². The normalized spacial score (nSPS) is 10.7. The van der Waals surface area contributed by atoms with Gasteiger partial charge in [0, 0.05) is 21.9 Å². The van der Waals surface area contributed by atoms with E-state index in [1.807, 2.05) is 64.1 Å². The summed E-state index contributed by atoms with van der Waals surface area (Å²) in [5.74, 6) is 0.794. The highest BCUT2D eigenvalue weighted by atomic mass is 35.5. The molecule has 186 valence electrons. The van der Waals surface area contributed by atoms with Crippen molar-refractivity contribution in [2.75, 3.05) is 25.6 Å². The van der Waals surface area contributed by atoms with Crippen molar-refractivity contribution in [3.8, 4) is 22.6 Å². The van der Waals surface area contributed by atoms with Crippen LogP contribution < -0.4 is 14.8 Å². The molecule has 0 aliphatic heterocycles. The topological polar surface area (TPSA) is 73.9 Å². The summed E-state index contributed by atoms with van der Waals surface area (Å²) in [7, 11) is 1.33. The fourth-order valence-corrected chi connectivity index (χ4v) is 4.95. The van der Waals surface area contributed by atoms with E-state index in [0.717, 1.165) is 43.7 Å². The number of thiophene rings is 1. The third kappa shape index (κ3) is 6.55. The number of amides is 1. The summed E-state index contributed by atoms with van der Waals surface area (Å²) in [5, 5.41) is 4.10. The third-order valence-electron chi connectivity index (χ3n) is 5.41. The van der Waals surface area contributed by atoms with Crippen LogP contribution in [-0.4, -0.2) is 32.2 Å². The standard InChI is InChI=1S/C27H30ClNO5S/c1-6-33-20-11-9-19(10-12-20)23-18(4)35-26(24(23)27(31)32-5)29-22(30)8-7-13-34-21-14-16(2)25(28)17(3)15-21/h9-12,14-15H,6-8,13H2,1-5H3,(H,29,30). The van der Waals surface area contributed by atoms with Gasteiger partial charge in [-0.1, -0.05) is 23.7 Å². The Bertz CT molecular complexity index is 1180. The monoisotopic (exact) mass is 515 g/mol. The molecule has 2 aromatic carbocycles. The molecule has 0 saturated carbocycles. The highest BCUT2D eigenvalue weighted by Crippen LogP contribution is 2.41. The van der Waals surface area contributed by atoms with E-state index >= 15 is 0 Å². The quantitative estimate of drug-likeness (QED) is 0.233. The number of esters is 1. The molecule has 3 rings (SSSR count). The van der Waals surface area contributed by atoms with Crippen LogP contribution in [0.2, 0.25) is 5.02 Å². The molecule has 1 heterocycles. The van der Waals surface area contributed by atoms with E-state index in [1.165, 1.54) is 18.4 Å². The van der Waals surface area contributed by atoms with Crippen LogP contribution in [0.3, 0.4) is 0 Å². The molecular weight excluding hydrogens is 486 g/mol. The van der Waals surface area contributed by atoms with Crippen LogP contribution in [0, 0.1) is 20.8 Å². The van der Waals surface area contributed by atoms with Gasteiger partial charge >= 0.3 is 5.97 Å². The molecule has 0 bridgehead atoms. The first kappa shape index (κ1) is 26.6. The molecule has 0 unspecified atom stereocenters. The van der Waals surface area contributed by atoms with Gasteiger partial charge in [-0.25, -0.2) is 4.79 Å². The summed E-state index contributed by atoms with van der Waals surface area (Å²) in [6.07, 6.45) is 0.776. The van der Waals surface area contributed by atoms with Crippen LogP contribution in [0.1, 0.15) is 46.1 Å². The largest absolute Gasteiger partial charge is 0.494 e. The summed E-state index contributed by atoms with van der Waals surface area (Å²) < 4.78 is 16.3. The molecule has 0 radical (unpaired) electrons. The lowest BCUT2D eigenvalue weighted by atomic mass is 10.0. The molecule has 3 aromatic rings. The average molecular weight is 516 g/mol. The predicted octanol–water partition coefficient (Wildman–Crippen LogP) is 6.98. The fourth-order valence-electron chi connectivity index (χ4n) is 3.76. The van der Waals surface area contributed by atoms with Gasteiger partial charge in [-0.15, -0.1) is 11.3 Å². The summed E-state index contributed by atoms with van der Waals surface area (Å²) in [6.45, 7) is 8.66. The minimum Gasteiger partial charge on any atom is -0.494 e. The van der Waals surface area contributed by atoms with E-state index in [0.29, 0.717) is 30.2 Å². The maximum Gasteiger partial charge on any atom is 0.341 e. The highest BCUT2D eigenvalue weighted by molar-refractivity contribution is 7.17. The maximum absolute atomic E-state index is 12.7. The number of nitrogens with one attached hydrogen (secondary N) is 1. The van der Waals surface area contributed by atoms with E-state index < -0.39 is 5.97 Å². The number of hydrogen-bond donors (Lipinski definition) is 1. The molecular formula is C27H30ClNO5S. The molecule has 35 heavy (non-hydrogen) atoms. The highest BCUT2D eigenvalue weighted by Gasteiger charge is 2.25. The lowest BCUT2D eigenvalue weighted by Crippen LogP contribution is -2.15. The van der Waals surface area contributed by atoms with Crippen LogP contribution >= 0.6 is 22.9 Å². The van der Waals surface area contributed by atoms with Crippen molar-refractivity contribution in [3.05, 3.63) is 63.0 Å². The molecule has 8 heteroatoms. The zero-order valence-corrected chi connectivity index (χ0v) is 22.2. The van der Waals surface area contributed by atoms with Crippen molar-refractivity contribution in [2.45, 2.75) is 40.5 Å². The first-order valence-electron chi connectivity index (χ1n) is 11.4. The first-order valence-corrected chi connectivity index (χ1v) is 12.6. The van der Waals surface area contributed by atoms with Crippen molar-refractivity contribution in [1.29, 1.82) is 0 Å². The van der Waals surface area contributed by atoms with Gasteiger partial charge in [-0.3, -0.25) is 4.79 Å². The molecule has 1 amide bonds. The van der Waals surface area contributed by atoms with Crippen LogP contribution in [0.15, 0.2) is 36.4 Å². The zero-order chi connectivity index (χ0) is 25.5. The second-order valence-electron chi connectivity index (χ2n) is 8.06. The molecule has 0 aliphatic rings. The van der Waals surface area contributed by atoms with Gasteiger partial charge in [0.05, 0.1) is 20.3 Å². The molecule has 0 spiro atoms. The second kappa shape index (κ2) is 12.1. The SMILES string of the molecule is CCOc1ccc(-c2c(C)sc(NC(=O)CCCOc3cc(C)c(Cl)c(C)c3)c2C(=O)OC)cc1. The summed E-state index contributed by atoms with van der Waals surface area (Å²) in [5.41, 5.74) is 3.86. The number of benzene rings is 2. The van der Waals surface area contributed by atoms with E-state index in [4.69, 9.17) is 25.8 Å². The minimum absolute atomic E-state index is 0.193. The van der Waals surface area contributed by atoms with E-state index in [9.17, 15) is 9.59 Å². The lowest BCUT2D eigenvalue weighted by molar-refractivity contribution is -0.116. The Hall–Kier alpha value is -3.03. The average Bonchev–Trinajstić information content (AvgIpc) is 3.15. The minimum atomic E-state index is -0.495. The number of aryl methyl sites for hydroxylation is 3. The maximum atomic E-state index is 12.7. The second-order valence-corrected chi connectivity index (χ2v) is 9.66. The zero-order valence-electron chi connectivity index (χ0n) is 20.6. The third-order valence-corrected chi connectivity index (χ3v) is 7.02. The molecule has 0 atom stereocenters. The Morgan fingerprint density at radius 3 is 2.26 bits per heavy atom. The number of carbonyl (C=O) groups is 2. The summed E-state index contributed by atoms with van der Waals surface area (Å²) >= 11 is 7.56. The van der Waals surface area contributed by atoms with Gasteiger partial charge in [-0.2, -0.15) is 0 Å². The van der Waals surface area contributed by atoms with Crippen molar-refractivity contribution >= 4 is 39.8 Å². The van der Waals surface area contributed by atoms with Gasteiger partial charge in [0.2, 0.25) is 5.91 Å². The number of ether oxygens (including phenoxy) is 3. The van der Waals surface area contributed by atoms with Crippen LogP contribution in [0.25, 0.3) is 11.1 Å².